The van der Waals surface area contributed by atoms with Crippen molar-refractivity contribution in [3.8, 4) is 11.8 Å². The van der Waals surface area contributed by atoms with Gasteiger partial charge in [0.25, 0.3) is 0 Å². The van der Waals surface area contributed by atoms with Crippen molar-refractivity contribution in [2.24, 2.45) is 0 Å². The number of nitrogens with zero attached hydrogens (tertiary/aromatic N) is 2. The fourth-order valence-corrected chi connectivity index (χ4v) is 2.13. The summed E-state index contributed by atoms with van der Waals surface area (Å²) in [6.07, 6.45) is -3.73. The monoisotopic (exact) mass is 409 g/mol. The molecule has 0 aliphatic heterocycles. The third-order valence-corrected chi connectivity index (χ3v) is 3.29. The van der Waals surface area contributed by atoms with Crippen molar-refractivity contribution in [1.82, 2.24) is 5.32 Å². The molecule has 0 aliphatic carbocycles. The van der Waals surface area contributed by atoms with Crippen molar-refractivity contribution in [3.63, 3.8) is 0 Å². The molecule has 0 aromatic heterocycles. The van der Waals surface area contributed by atoms with E-state index in [-0.39, 0.29) is 5.56 Å². The summed E-state index contributed by atoms with van der Waals surface area (Å²) >= 11 is 0. The van der Waals surface area contributed by atoms with E-state index in [9.17, 15) is 34.7 Å². The molecule has 0 saturated heterocycles. The standard InChI is InChI=1S/C17H19N3O9/c1-17(2,3)29-16(25)19-10(14(21)22)7-12(15(23)24)28-11-6-4-5-9(8-18)13(11)20(26)27/h4-6,10,12H,7H2,1-3H3,(H,19,25)(H,21,22)(H,23,24)/t10-,12-/m0/s1. The molecular formula is C17H19N3O9. The maximum absolute atomic E-state index is 11.8. The minimum absolute atomic E-state index is 0.363. The summed E-state index contributed by atoms with van der Waals surface area (Å²) in [5.41, 5.74) is -2.04. The Bertz CT molecular complexity index is 855. The Morgan fingerprint density at radius 3 is 2.34 bits per heavy atom. The number of benzene rings is 1. The van der Waals surface area contributed by atoms with Gasteiger partial charge in [-0.05, 0) is 32.9 Å². The van der Waals surface area contributed by atoms with Crippen LogP contribution in [0.25, 0.3) is 0 Å². The van der Waals surface area contributed by atoms with Gasteiger partial charge < -0.3 is 25.0 Å². The van der Waals surface area contributed by atoms with Crippen LogP contribution >= 0.6 is 0 Å². The molecule has 156 valence electrons. The van der Waals surface area contributed by atoms with Crippen molar-refractivity contribution < 1.29 is 39.0 Å². The lowest BCUT2D eigenvalue weighted by Crippen LogP contribution is -2.47. The molecule has 1 aromatic rings. The van der Waals surface area contributed by atoms with E-state index in [1.54, 1.807) is 26.8 Å². The first kappa shape index (κ1) is 23.2. The molecule has 3 N–H and O–H groups in total. The van der Waals surface area contributed by atoms with Crippen LogP contribution in [-0.2, 0) is 14.3 Å². The van der Waals surface area contributed by atoms with Crippen LogP contribution in [0.4, 0.5) is 10.5 Å². The first-order valence-electron chi connectivity index (χ1n) is 8.15. The zero-order valence-electron chi connectivity index (χ0n) is 15.7. The number of nitro groups is 1. The SMILES string of the molecule is CC(C)(C)OC(=O)N[C@@H](C[C@H](Oc1cccc(C#N)c1[N+](=O)[O-])C(=O)O)C(=O)O. The molecule has 0 unspecified atom stereocenters. The number of aliphatic carboxylic acids is 2. The number of ether oxygens (including phenoxy) is 2. The van der Waals surface area contributed by atoms with Gasteiger partial charge in [0.15, 0.2) is 11.9 Å². The van der Waals surface area contributed by atoms with E-state index in [1.807, 2.05) is 5.32 Å². The van der Waals surface area contributed by atoms with Crippen molar-refractivity contribution >= 4 is 23.7 Å². The highest BCUT2D eigenvalue weighted by molar-refractivity contribution is 5.81. The number of nitriles is 1. The van der Waals surface area contributed by atoms with Crippen LogP contribution in [0, 0.1) is 21.4 Å². The number of carboxylic acids is 2. The average Bonchev–Trinajstić information content (AvgIpc) is 2.57. The quantitative estimate of drug-likeness (QED) is 0.420. The molecule has 29 heavy (non-hydrogen) atoms. The Morgan fingerprint density at radius 1 is 1.28 bits per heavy atom. The summed E-state index contributed by atoms with van der Waals surface area (Å²) in [5.74, 6) is -3.72. The maximum Gasteiger partial charge on any atom is 0.408 e. The summed E-state index contributed by atoms with van der Waals surface area (Å²) in [5, 5.41) is 40.8. The van der Waals surface area contributed by atoms with Crippen LogP contribution < -0.4 is 10.1 Å². The minimum atomic E-state index is -1.88. The van der Waals surface area contributed by atoms with Gasteiger partial charge in [-0.2, -0.15) is 5.26 Å². The Balaban J connectivity index is 3.11. The highest BCUT2D eigenvalue weighted by Crippen LogP contribution is 2.31. The molecule has 0 spiro atoms. The van der Waals surface area contributed by atoms with Crippen LogP contribution in [0.2, 0.25) is 0 Å². The number of nitrogens with one attached hydrogen (secondary N) is 1. The zero-order valence-corrected chi connectivity index (χ0v) is 15.7. The van der Waals surface area contributed by atoms with E-state index >= 15 is 0 Å². The van der Waals surface area contributed by atoms with Gasteiger partial charge in [-0.15, -0.1) is 0 Å². The normalized spacial score (nSPS) is 12.8. The number of rotatable bonds is 8. The molecule has 12 heteroatoms. The molecule has 0 radical (unpaired) electrons. The summed E-state index contributed by atoms with van der Waals surface area (Å²) in [7, 11) is 0. The predicted molar refractivity (Wildman–Crippen MR) is 95.3 cm³/mol. The number of carboxylic acid groups (broad SMARTS) is 2. The Morgan fingerprint density at radius 2 is 1.90 bits per heavy atom. The predicted octanol–water partition coefficient (Wildman–Crippen LogP) is 1.67. The van der Waals surface area contributed by atoms with E-state index in [0.29, 0.717) is 0 Å². The first-order valence-corrected chi connectivity index (χ1v) is 8.15. The number of hydrogen-bond donors (Lipinski definition) is 3. The summed E-state index contributed by atoms with van der Waals surface area (Å²) < 4.78 is 10.1. The molecule has 0 heterocycles. The molecule has 1 rings (SSSR count). The largest absolute Gasteiger partial charge is 0.480 e. The van der Waals surface area contributed by atoms with Gasteiger partial charge in [-0.3, -0.25) is 10.1 Å². The second-order valence-corrected chi connectivity index (χ2v) is 6.74. The lowest BCUT2D eigenvalue weighted by atomic mass is 10.1. The molecule has 0 aliphatic rings. The number of alkyl carbamates (subject to hydrolysis) is 1. The lowest BCUT2D eigenvalue weighted by Gasteiger charge is -2.23. The highest BCUT2D eigenvalue weighted by Gasteiger charge is 2.33. The molecular weight excluding hydrogens is 390 g/mol. The fourth-order valence-electron chi connectivity index (χ4n) is 2.13. The van der Waals surface area contributed by atoms with Gasteiger partial charge in [0.05, 0.1) is 4.92 Å². The third-order valence-electron chi connectivity index (χ3n) is 3.29. The van der Waals surface area contributed by atoms with E-state index in [0.717, 1.165) is 12.1 Å². The smallest absolute Gasteiger partial charge is 0.408 e. The van der Waals surface area contributed by atoms with Crippen molar-refractivity contribution in [3.05, 3.63) is 33.9 Å². The topological polar surface area (TPSA) is 189 Å². The molecule has 1 aromatic carbocycles. The molecule has 0 fully saturated rings. The number of para-hydroxylation sites is 1. The lowest BCUT2D eigenvalue weighted by molar-refractivity contribution is -0.386. The van der Waals surface area contributed by atoms with Gasteiger partial charge in [0.1, 0.15) is 23.3 Å². The average molecular weight is 409 g/mol. The van der Waals surface area contributed by atoms with Crippen LogP contribution in [-0.4, -0.2) is 50.9 Å². The van der Waals surface area contributed by atoms with E-state index in [1.165, 1.54) is 6.07 Å². The second-order valence-electron chi connectivity index (χ2n) is 6.74. The zero-order chi connectivity index (χ0) is 22.4. The number of amides is 1. The van der Waals surface area contributed by atoms with E-state index in [2.05, 4.69) is 0 Å². The Kier molecular flexibility index (Phi) is 7.47. The van der Waals surface area contributed by atoms with Gasteiger partial charge in [0.2, 0.25) is 0 Å². The fraction of sp³-hybridized carbons (Fsp3) is 0.412. The first-order chi connectivity index (χ1) is 13.4. The molecule has 1 amide bonds. The highest BCUT2D eigenvalue weighted by atomic mass is 16.6. The minimum Gasteiger partial charge on any atom is -0.480 e. The Labute approximate surface area is 164 Å². The molecule has 2 atom stereocenters. The Hall–Kier alpha value is -3.88. The van der Waals surface area contributed by atoms with Crippen molar-refractivity contribution in [1.29, 1.82) is 5.26 Å². The van der Waals surface area contributed by atoms with E-state index in [4.69, 9.17) is 14.7 Å². The van der Waals surface area contributed by atoms with Crippen LogP contribution in [0.3, 0.4) is 0 Å². The molecule has 0 bridgehead atoms. The number of carbonyl (C=O) groups is 3. The number of nitro benzene ring substituents is 1. The van der Waals surface area contributed by atoms with Gasteiger partial charge >= 0.3 is 23.7 Å². The summed E-state index contributed by atoms with van der Waals surface area (Å²) in [6.45, 7) is 4.65. The van der Waals surface area contributed by atoms with E-state index < -0.39 is 58.6 Å². The summed E-state index contributed by atoms with van der Waals surface area (Å²) in [6, 6.07) is 3.33. The van der Waals surface area contributed by atoms with Crippen molar-refractivity contribution in [2.45, 2.75) is 44.9 Å². The van der Waals surface area contributed by atoms with Gasteiger partial charge in [-0.25, -0.2) is 14.4 Å². The van der Waals surface area contributed by atoms with Crippen molar-refractivity contribution in [2.75, 3.05) is 0 Å². The molecule has 12 nitrogen and oxygen atoms in total. The van der Waals surface area contributed by atoms with Gasteiger partial charge in [-0.1, -0.05) is 6.07 Å². The van der Waals surface area contributed by atoms with Crippen LogP contribution in [0.5, 0.6) is 5.75 Å². The van der Waals surface area contributed by atoms with Gasteiger partial charge in [0, 0.05) is 6.42 Å². The molecule has 0 saturated carbocycles. The third kappa shape index (κ3) is 6.98. The second kappa shape index (κ2) is 9.36. The number of hydrogen-bond acceptors (Lipinski definition) is 8. The number of carbonyl (C=O) groups excluding carboxylic acids is 1. The maximum atomic E-state index is 11.8. The van der Waals surface area contributed by atoms with Crippen LogP contribution in [0.15, 0.2) is 18.2 Å². The van der Waals surface area contributed by atoms with Crippen LogP contribution in [0.1, 0.15) is 32.8 Å². The summed E-state index contributed by atoms with van der Waals surface area (Å²) in [4.78, 5) is 45.0.